The molecule has 2 heterocycles. The number of hydrogen-bond acceptors (Lipinski definition) is 3. The predicted octanol–water partition coefficient (Wildman–Crippen LogP) is 7.98. The van der Waals surface area contributed by atoms with Gasteiger partial charge in [-0.05, 0) is 92.7 Å². The summed E-state index contributed by atoms with van der Waals surface area (Å²) in [6.07, 6.45) is 4.12. The second kappa shape index (κ2) is 10.5. The highest BCUT2D eigenvalue weighted by atomic mass is 19.4. The fourth-order valence-corrected chi connectivity index (χ4v) is 7.23. The van der Waals surface area contributed by atoms with Crippen LogP contribution in [-0.2, 0) is 11.0 Å². The van der Waals surface area contributed by atoms with Gasteiger partial charge in [-0.15, -0.1) is 0 Å². The van der Waals surface area contributed by atoms with E-state index in [2.05, 4.69) is 11.8 Å². The van der Waals surface area contributed by atoms with E-state index in [-0.39, 0.29) is 41.3 Å². The van der Waals surface area contributed by atoms with Gasteiger partial charge < -0.3 is 9.84 Å². The largest absolute Gasteiger partial charge is 0.490 e. The van der Waals surface area contributed by atoms with Crippen molar-refractivity contribution in [3.63, 3.8) is 0 Å². The van der Waals surface area contributed by atoms with E-state index in [9.17, 15) is 23.1 Å². The van der Waals surface area contributed by atoms with Crippen molar-refractivity contribution in [3.05, 3.63) is 41.5 Å². The number of carboxylic acid groups (broad SMARTS) is 1. The molecular formula is C30H38F3NO3. The zero-order valence-electron chi connectivity index (χ0n) is 21.8. The third kappa shape index (κ3) is 5.34. The summed E-state index contributed by atoms with van der Waals surface area (Å²) < 4.78 is 49.5. The predicted molar refractivity (Wildman–Crippen MR) is 138 cm³/mol. The van der Waals surface area contributed by atoms with Crippen LogP contribution >= 0.6 is 0 Å². The standard InChI is InChI=1S/C30H38F3NO3/c1-3-19-7-12-25(13-8-19)37-27-14-11-20-9-10-21(17-26(20)28(27)30(31,32)33)18(2)34-23-5-4-6-24(34)16-22(15-23)29(35)36/h9-11,14,17-19,22-25H,3-8,12-13,15-16H2,1-2H3,(H,35,36)/t18-,19?,22?,23?,24?,25?/m0/s1. The maximum atomic E-state index is 14.5. The number of piperidine rings is 2. The number of hydrogen-bond donors (Lipinski definition) is 1. The highest BCUT2D eigenvalue weighted by Gasteiger charge is 2.43. The molecule has 2 unspecified atom stereocenters. The maximum Gasteiger partial charge on any atom is 0.420 e. The molecule has 0 spiro atoms. The Labute approximate surface area is 217 Å². The number of benzene rings is 2. The van der Waals surface area contributed by atoms with E-state index in [0.29, 0.717) is 24.1 Å². The van der Waals surface area contributed by atoms with Gasteiger partial charge in [0.1, 0.15) is 11.3 Å². The smallest absolute Gasteiger partial charge is 0.420 e. The first-order valence-corrected chi connectivity index (χ1v) is 14.0. The molecule has 2 bridgehead atoms. The SMILES string of the molecule is CCC1CCC(Oc2ccc3ccc([C@H](C)N4C5CCCC4CC(C(=O)O)C5)cc3c2C(F)(F)F)CC1. The number of carboxylic acids is 1. The molecule has 0 radical (unpaired) electrons. The van der Waals surface area contributed by atoms with Crippen molar-refractivity contribution in [2.45, 2.75) is 108 Å². The van der Waals surface area contributed by atoms with Crippen LogP contribution in [0.5, 0.6) is 5.75 Å². The number of rotatable bonds is 6. The molecule has 1 N–H and O–H groups in total. The Morgan fingerprint density at radius 3 is 2.30 bits per heavy atom. The van der Waals surface area contributed by atoms with Crippen molar-refractivity contribution in [3.8, 4) is 5.75 Å². The lowest BCUT2D eigenvalue weighted by Crippen LogP contribution is -2.53. The van der Waals surface area contributed by atoms with Gasteiger partial charge in [-0.25, -0.2) is 0 Å². The number of carbonyl (C=O) groups is 1. The number of fused-ring (bicyclic) bond motifs is 3. The van der Waals surface area contributed by atoms with Gasteiger partial charge in [0.2, 0.25) is 0 Å². The number of ether oxygens (including phenoxy) is 1. The summed E-state index contributed by atoms with van der Waals surface area (Å²) in [5.41, 5.74) is 0.158. The van der Waals surface area contributed by atoms with E-state index in [4.69, 9.17) is 4.74 Å². The summed E-state index contributed by atoms with van der Waals surface area (Å²) in [6.45, 7) is 4.21. The van der Waals surface area contributed by atoms with Gasteiger partial charge in [0.15, 0.2) is 0 Å². The van der Waals surface area contributed by atoms with Crippen LogP contribution in [0.25, 0.3) is 10.8 Å². The summed E-state index contributed by atoms with van der Waals surface area (Å²) >= 11 is 0. The van der Waals surface area contributed by atoms with Crippen LogP contribution < -0.4 is 4.74 Å². The van der Waals surface area contributed by atoms with E-state index in [1.165, 1.54) is 6.07 Å². The van der Waals surface area contributed by atoms with Crippen molar-refractivity contribution in [1.82, 2.24) is 4.90 Å². The van der Waals surface area contributed by atoms with Crippen LogP contribution in [0.4, 0.5) is 13.2 Å². The Bertz CT molecular complexity index is 1110. The molecule has 2 aliphatic heterocycles. The molecule has 2 aromatic carbocycles. The quantitative estimate of drug-likeness (QED) is 0.422. The number of aliphatic carboxylic acids is 1. The summed E-state index contributed by atoms with van der Waals surface area (Å²) in [5.74, 6) is -0.494. The second-order valence-corrected chi connectivity index (χ2v) is 11.5. The summed E-state index contributed by atoms with van der Waals surface area (Å²) in [4.78, 5) is 14.1. The van der Waals surface area contributed by atoms with Crippen LogP contribution in [0.1, 0.15) is 95.2 Å². The van der Waals surface area contributed by atoms with Gasteiger partial charge in [-0.1, -0.05) is 38.0 Å². The normalized spacial score (nSPS) is 29.7. The molecule has 7 heteroatoms. The molecule has 2 saturated heterocycles. The minimum Gasteiger partial charge on any atom is -0.490 e. The molecule has 37 heavy (non-hydrogen) atoms. The Hall–Kier alpha value is -2.28. The van der Waals surface area contributed by atoms with E-state index < -0.39 is 17.7 Å². The number of nitrogens with zero attached hydrogens (tertiary/aromatic N) is 1. The molecule has 1 aliphatic carbocycles. The first-order valence-electron chi connectivity index (χ1n) is 14.0. The number of alkyl halides is 3. The first-order chi connectivity index (χ1) is 17.7. The average Bonchev–Trinajstić information content (AvgIpc) is 2.86. The third-order valence-corrected chi connectivity index (χ3v) is 9.27. The van der Waals surface area contributed by atoms with Crippen molar-refractivity contribution in [2.75, 3.05) is 0 Å². The molecule has 4 nitrogen and oxygen atoms in total. The monoisotopic (exact) mass is 517 g/mol. The topological polar surface area (TPSA) is 49.8 Å². The molecule has 202 valence electrons. The molecule has 2 aromatic rings. The van der Waals surface area contributed by atoms with E-state index in [1.807, 2.05) is 13.0 Å². The highest BCUT2D eigenvalue weighted by molar-refractivity contribution is 5.89. The minimum absolute atomic E-state index is 0.0658. The van der Waals surface area contributed by atoms with Crippen LogP contribution in [0.2, 0.25) is 0 Å². The zero-order valence-corrected chi connectivity index (χ0v) is 21.8. The lowest BCUT2D eigenvalue weighted by Gasteiger charge is -2.51. The fraction of sp³-hybridized carbons (Fsp3) is 0.633. The van der Waals surface area contributed by atoms with Gasteiger partial charge in [0.25, 0.3) is 0 Å². The lowest BCUT2D eigenvalue weighted by atomic mass is 9.77. The van der Waals surface area contributed by atoms with Gasteiger partial charge in [0.05, 0.1) is 12.0 Å². The van der Waals surface area contributed by atoms with E-state index >= 15 is 0 Å². The Morgan fingerprint density at radius 1 is 1.05 bits per heavy atom. The summed E-state index contributed by atoms with van der Waals surface area (Å²) in [6, 6.07) is 8.83. The maximum absolute atomic E-state index is 14.5. The molecule has 0 amide bonds. The van der Waals surface area contributed by atoms with Gasteiger partial charge in [-0.3, -0.25) is 9.69 Å². The van der Waals surface area contributed by atoms with Crippen LogP contribution in [0.3, 0.4) is 0 Å². The summed E-state index contributed by atoms with van der Waals surface area (Å²) in [7, 11) is 0. The van der Waals surface area contributed by atoms with Gasteiger partial charge in [-0.2, -0.15) is 13.2 Å². The Balaban J connectivity index is 1.46. The fourth-order valence-electron chi connectivity index (χ4n) is 7.23. The van der Waals surface area contributed by atoms with Crippen molar-refractivity contribution in [2.24, 2.45) is 11.8 Å². The molecule has 3 atom stereocenters. The van der Waals surface area contributed by atoms with Crippen molar-refractivity contribution in [1.29, 1.82) is 0 Å². The lowest BCUT2D eigenvalue weighted by molar-refractivity contribution is -0.147. The van der Waals surface area contributed by atoms with Gasteiger partial charge in [0, 0.05) is 18.1 Å². The van der Waals surface area contributed by atoms with Crippen LogP contribution in [-0.4, -0.2) is 34.2 Å². The van der Waals surface area contributed by atoms with E-state index in [1.54, 1.807) is 18.2 Å². The Kier molecular flexibility index (Phi) is 7.45. The first kappa shape index (κ1) is 26.3. The van der Waals surface area contributed by atoms with Gasteiger partial charge >= 0.3 is 12.1 Å². The molecule has 5 rings (SSSR count). The average molecular weight is 518 g/mol. The van der Waals surface area contributed by atoms with E-state index in [0.717, 1.165) is 56.9 Å². The molecule has 1 saturated carbocycles. The Morgan fingerprint density at radius 2 is 1.70 bits per heavy atom. The van der Waals surface area contributed by atoms with Crippen LogP contribution in [0, 0.1) is 11.8 Å². The second-order valence-electron chi connectivity index (χ2n) is 11.5. The van der Waals surface area contributed by atoms with Crippen LogP contribution in [0.15, 0.2) is 30.3 Å². The number of halogens is 3. The molecule has 3 aliphatic rings. The zero-order chi connectivity index (χ0) is 26.3. The van der Waals surface area contributed by atoms with Crippen molar-refractivity contribution < 1.29 is 27.8 Å². The highest BCUT2D eigenvalue weighted by Crippen LogP contribution is 2.45. The van der Waals surface area contributed by atoms with Crippen molar-refractivity contribution >= 4 is 16.7 Å². The molecule has 3 fully saturated rings. The molecule has 0 aromatic heterocycles. The third-order valence-electron chi connectivity index (χ3n) is 9.27. The minimum atomic E-state index is -4.53. The molecular weight excluding hydrogens is 479 g/mol. The summed E-state index contributed by atoms with van der Waals surface area (Å²) in [5, 5.41) is 10.3.